The van der Waals surface area contributed by atoms with Crippen molar-refractivity contribution in [2.45, 2.75) is 37.7 Å². The molecular weight excluding hydrogens is 368 g/mol. The molecule has 0 aliphatic heterocycles. The molecule has 0 saturated carbocycles. The summed E-state index contributed by atoms with van der Waals surface area (Å²) in [6.07, 6.45) is -10.6. The summed E-state index contributed by atoms with van der Waals surface area (Å²) in [6, 6.07) is 8.93. The summed E-state index contributed by atoms with van der Waals surface area (Å²) in [7, 11) is 3.53. The van der Waals surface area contributed by atoms with E-state index < -0.39 is 28.9 Å². The van der Waals surface area contributed by atoms with Crippen LogP contribution in [0.2, 0.25) is 0 Å². The fraction of sp³-hybridized carbons (Fsp3) is 0.400. The highest BCUT2D eigenvalue weighted by Crippen LogP contribution is 2.56. The topological polar surface area (TPSA) is 3.24 Å². The molecule has 0 aliphatic rings. The highest BCUT2D eigenvalue weighted by Gasteiger charge is 2.72. The van der Waals surface area contributed by atoms with Crippen molar-refractivity contribution in [2.24, 2.45) is 0 Å². The average molecular weight is 389 g/mol. The fourth-order valence-corrected chi connectivity index (χ4v) is 3.20. The third-order valence-corrected chi connectivity index (χ3v) is 4.53. The molecule has 148 valence electrons. The first-order valence-electron chi connectivity index (χ1n) is 8.40. The maximum atomic E-state index is 14.0. The number of hydrogen-bond donors (Lipinski definition) is 0. The van der Waals surface area contributed by atoms with E-state index in [9.17, 15) is 26.3 Å². The monoisotopic (exact) mass is 389 g/mol. The first-order valence-corrected chi connectivity index (χ1v) is 8.40. The molecule has 27 heavy (non-hydrogen) atoms. The van der Waals surface area contributed by atoms with E-state index in [0.717, 1.165) is 24.3 Å². The summed E-state index contributed by atoms with van der Waals surface area (Å²) in [5, 5.41) is 0. The number of alkyl halides is 6. The van der Waals surface area contributed by atoms with Gasteiger partial charge in [-0.25, -0.2) is 0 Å². The van der Waals surface area contributed by atoms with Crippen LogP contribution >= 0.6 is 0 Å². The van der Waals surface area contributed by atoms with E-state index in [0.29, 0.717) is 24.1 Å². The van der Waals surface area contributed by atoms with E-state index in [1.165, 1.54) is 24.3 Å². The van der Waals surface area contributed by atoms with Gasteiger partial charge in [0.05, 0.1) is 0 Å². The van der Waals surface area contributed by atoms with Crippen LogP contribution < -0.4 is 0 Å². The molecule has 2 aromatic rings. The number of nitrogens with zero attached hydrogens (tertiary/aromatic N) is 1. The molecular formula is C20H21F6N. The van der Waals surface area contributed by atoms with Crippen molar-refractivity contribution >= 4 is 0 Å². The summed E-state index contributed by atoms with van der Waals surface area (Å²) < 4.78 is 84.0. The second-order valence-corrected chi connectivity index (χ2v) is 6.73. The molecule has 1 nitrogen and oxygen atoms in total. The Labute approximate surface area is 154 Å². The van der Waals surface area contributed by atoms with E-state index >= 15 is 0 Å². The largest absolute Gasteiger partial charge is 0.411 e. The fourth-order valence-electron chi connectivity index (χ4n) is 3.20. The summed E-state index contributed by atoms with van der Waals surface area (Å²) in [4.78, 5) is 1.78. The molecule has 0 aromatic heterocycles. The Hall–Kier alpha value is -2.02. The van der Waals surface area contributed by atoms with Crippen molar-refractivity contribution in [3.8, 4) is 0 Å². The third kappa shape index (κ3) is 3.98. The predicted octanol–water partition coefficient (Wildman–Crippen LogP) is 5.72. The number of benzene rings is 2. The Morgan fingerprint density at radius 2 is 1.04 bits per heavy atom. The minimum absolute atomic E-state index is 0.413. The van der Waals surface area contributed by atoms with Crippen molar-refractivity contribution in [3.05, 3.63) is 70.8 Å². The minimum atomic E-state index is -5.55. The number of aryl methyl sites for hydroxylation is 1. The standard InChI is InChI=1S/C20H21F6N/c1-4-14-5-9-16(10-6-14)18(19(21,22)23,20(24,25)26)17-11-7-15(8-12-17)13-27(2)3/h5-12H,4,13H2,1-3H3. The zero-order valence-corrected chi connectivity index (χ0v) is 15.2. The maximum absolute atomic E-state index is 14.0. The van der Waals surface area contributed by atoms with Gasteiger partial charge in [-0.05, 0) is 42.8 Å². The molecule has 0 radical (unpaired) electrons. The second-order valence-electron chi connectivity index (χ2n) is 6.73. The molecule has 0 spiro atoms. The minimum Gasteiger partial charge on any atom is -0.305 e. The maximum Gasteiger partial charge on any atom is 0.411 e. The number of hydrogen-bond acceptors (Lipinski definition) is 1. The van der Waals surface area contributed by atoms with Crippen LogP contribution in [0.15, 0.2) is 48.5 Å². The highest BCUT2D eigenvalue weighted by atomic mass is 19.4. The molecule has 0 saturated heterocycles. The van der Waals surface area contributed by atoms with Gasteiger partial charge in [-0.1, -0.05) is 55.5 Å². The summed E-state index contributed by atoms with van der Waals surface area (Å²) in [6.45, 7) is 2.19. The van der Waals surface area contributed by atoms with Crippen LogP contribution in [0.4, 0.5) is 26.3 Å². The molecule has 7 heteroatoms. The summed E-state index contributed by atoms with van der Waals surface area (Å²) >= 11 is 0. The van der Waals surface area contributed by atoms with E-state index in [2.05, 4.69) is 0 Å². The summed E-state index contributed by atoms with van der Waals surface area (Å²) in [5.41, 5.74) is -4.46. The average Bonchev–Trinajstić information content (AvgIpc) is 2.54. The van der Waals surface area contributed by atoms with Crippen LogP contribution in [-0.2, 0) is 18.4 Å². The predicted molar refractivity (Wildman–Crippen MR) is 92.5 cm³/mol. The smallest absolute Gasteiger partial charge is 0.305 e. The van der Waals surface area contributed by atoms with Crippen LogP contribution in [0.1, 0.15) is 29.2 Å². The number of halogens is 6. The molecule has 0 aliphatic carbocycles. The van der Waals surface area contributed by atoms with Crippen molar-refractivity contribution < 1.29 is 26.3 Å². The second kappa shape index (κ2) is 7.54. The van der Waals surface area contributed by atoms with Crippen molar-refractivity contribution in [1.29, 1.82) is 0 Å². The van der Waals surface area contributed by atoms with E-state index in [-0.39, 0.29) is 0 Å². The molecule has 2 aromatic carbocycles. The van der Waals surface area contributed by atoms with Gasteiger partial charge in [0.2, 0.25) is 5.41 Å². The molecule has 2 rings (SSSR count). The van der Waals surface area contributed by atoms with Crippen molar-refractivity contribution in [1.82, 2.24) is 4.90 Å². The van der Waals surface area contributed by atoms with Crippen LogP contribution in [0.3, 0.4) is 0 Å². The van der Waals surface area contributed by atoms with Gasteiger partial charge >= 0.3 is 12.4 Å². The van der Waals surface area contributed by atoms with Gasteiger partial charge in [-0.2, -0.15) is 26.3 Å². The lowest BCUT2D eigenvalue weighted by Crippen LogP contribution is -2.54. The Bertz CT molecular complexity index is 728. The normalized spacial score (nSPS) is 13.3. The molecule has 0 heterocycles. The first-order chi connectivity index (χ1) is 12.4. The molecule has 0 amide bonds. The van der Waals surface area contributed by atoms with Crippen molar-refractivity contribution in [3.63, 3.8) is 0 Å². The zero-order valence-electron chi connectivity index (χ0n) is 15.2. The van der Waals surface area contributed by atoms with Crippen molar-refractivity contribution in [2.75, 3.05) is 14.1 Å². The van der Waals surface area contributed by atoms with Gasteiger partial charge in [0, 0.05) is 6.54 Å². The number of rotatable bonds is 5. The molecule has 0 atom stereocenters. The lowest BCUT2D eigenvalue weighted by molar-refractivity contribution is -0.288. The van der Waals surface area contributed by atoms with Crippen LogP contribution in [0, 0.1) is 0 Å². The van der Waals surface area contributed by atoms with Gasteiger partial charge in [-0.15, -0.1) is 0 Å². The third-order valence-electron chi connectivity index (χ3n) is 4.53. The van der Waals surface area contributed by atoms with Gasteiger partial charge < -0.3 is 4.90 Å². The Morgan fingerprint density at radius 1 is 0.667 bits per heavy atom. The first kappa shape index (κ1) is 21.3. The quantitative estimate of drug-likeness (QED) is 0.591. The Morgan fingerprint density at radius 3 is 1.33 bits per heavy atom. The van der Waals surface area contributed by atoms with Gasteiger partial charge in [-0.3, -0.25) is 0 Å². The van der Waals surface area contributed by atoms with E-state index in [1.807, 2.05) is 0 Å². The summed E-state index contributed by atoms with van der Waals surface area (Å²) in [5.74, 6) is 0. The zero-order chi connectivity index (χ0) is 20.5. The van der Waals surface area contributed by atoms with Gasteiger partial charge in [0.25, 0.3) is 0 Å². The lowest BCUT2D eigenvalue weighted by Gasteiger charge is -2.38. The molecule has 0 N–H and O–H groups in total. The van der Waals surface area contributed by atoms with Gasteiger partial charge in [0.1, 0.15) is 0 Å². The van der Waals surface area contributed by atoms with Crippen LogP contribution in [0.5, 0.6) is 0 Å². The van der Waals surface area contributed by atoms with E-state index in [1.54, 1.807) is 25.9 Å². The molecule has 0 fully saturated rings. The van der Waals surface area contributed by atoms with E-state index in [4.69, 9.17) is 0 Å². The van der Waals surface area contributed by atoms with Gasteiger partial charge in [0.15, 0.2) is 0 Å². The lowest BCUT2D eigenvalue weighted by atomic mass is 9.72. The molecule has 0 unspecified atom stereocenters. The Kier molecular flexibility index (Phi) is 5.94. The van der Waals surface area contributed by atoms with Crippen LogP contribution in [-0.4, -0.2) is 31.3 Å². The Balaban J connectivity index is 2.72. The molecule has 0 bridgehead atoms. The van der Waals surface area contributed by atoms with Crippen LogP contribution in [0.25, 0.3) is 0 Å². The highest BCUT2D eigenvalue weighted by molar-refractivity contribution is 5.45. The SMILES string of the molecule is CCc1ccc(C(c2ccc(CN(C)C)cc2)(C(F)(F)F)C(F)(F)F)cc1.